The monoisotopic (exact) mass is 420 g/mol. The van der Waals surface area contributed by atoms with E-state index in [1.165, 1.54) is 6.07 Å². The Balaban J connectivity index is 1.30. The minimum atomic E-state index is -0.180. The van der Waals surface area contributed by atoms with Crippen molar-refractivity contribution in [1.29, 1.82) is 0 Å². The second-order valence-corrected chi connectivity index (χ2v) is 8.49. The molecule has 1 aliphatic heterocycles. The molecule has 31 heavy (non-hydrogen) atoms. The van der Waals surface area contributed by atoms with E-state index in [2.05, 4.69) is 16.0 Å². The van der Waals surface area contributed by atoms with E-state index in [4.69, 9.17) is 0 Å². The summed E-state index contributed by atoms with van der Waals surface area (Å²) in [6, 6.07) is 11.0. The number of aromatic nitrogens is 3. The van der Waals surface area contributed by atoms with Gasteiger partial charge in [-0.3, -0.25) is 9.78 Å². The van der Waals surface area contributed by atoms with Gasteiger partial charge in [-0.05, 0) is 43.0 Å². The van der Waals surface area contributed by atoms with Crippen LogP contribution < -0.4 is 0 Å². The summed E-state index contributed by atoms with van der Waals surface area (Å²) in [6.45, 7) is 6.13. The molecule has 5 nitrogen and oxygen atoms in total. The first kappa shape index (κ1) is 21.2. The summed E-state index contributed by atoms with van der Waals surface area (Å²) >= 11 is 0. The molecule has 1 atom stereocenters. The first-order valence-corrected chi connectivity index (χ1v) is 11.0. The Hall–Kier alpha value is -3.02. The quantitative estimate of drug-likeness (QED) is 0.595. The van der Waals surface area contributed by atoms with Crippen molar-refractivity contribution >= 4 is 5.91 Å². The molecule has 0 aliphatic carbocycles. The molecule has 0 bridgehead atoms. The number of nitrogens with zero attached hydrogens (tertiary/aromatic N) is 4. The lowest BCUT2D eigenvalue weighted by molar-refractivity contribution is -0.136. The molecule has 162 valence electrons. The standard InChI is InChI=1S/C25H29FN4O/c1-18(17-30-14-11-27-19(30)2)25(31)29-12-9-21(10-13-29)24-8-7-20(16-28-24)15-22-5-3-4-6-23(22)26/h3-8,11,14,16,18,21H,9-10,12-13,15,17H2,1-2H3. The maximum Gasteiger partial charge on any atom is 0.227 e. The van der Waals surface area contributed by atoms with Crippen LogP contribution in [0.25, 0.3) is 0 Å². The number of imidazole rings is 1. The lowest BCUT2D eigenvalue weighted by atomic mass is 9.92. The molecule has 4 rings (SSSR count). The van der Waals surface area contributed by atoms with E-state index in [1.54, 1.807) is 12.3 Å². The molecule has 1 amide bonds. The fraction of sp³-hybridized carbons (Fsp3) is 0.400. The zero-order valence-electron chi connectivity index (χ0n) is 18.2. The third-order valence-corrected chi connectivity index (χ3v) is 6.24. The molecule has 2 aromatic heterocycles. The highest BCUT2D eigenvalue weighted by Gasteiger charge is 2.27. The Morgan fingerprint density at radius 2 is 1.94 bits per heavy atom. The third-order valence-electron chi connectivity index (χ3n) is 6.24. The maximum absolute atomic E-state index is 13.9. The first-order chi connectivity index (χ1) is 15.0. The van der Waals surface area contributed by atoms with Gasteiger partial charge in [0.1, 0.15) is 11.6 Å². The number of likely N-dealkylation sites (tertiary alicyclic amines) is 1. The largest absolute Gasteiger partial charge is 0.342 e. The highest BCUT2D eigenvalue weighted by Crippen LogP contribution is 2.28. The van der Waals surface area contributed by atoms with Crippen molar-refractivity contribution in [3.05, 3.63) is 83.5 Å². The molecule has 0 saturated carbocycles. The van der Waals surface area contributed by atoms with E-state index in [0.29, 0.717) is 24.4 Å². The van der Waals surface area contributed by atoms with Crippen molar-refractivity contribution in [2.75, 3.05) is 13.1 Å². The fourth-order valence-corrected chi connectivity index (χ4v) is 4.32. The van der Waals surface area contributed by atoms with Gasteiger partial charge in [-0.2, -0.15) is 0 Å². The van der Waals surface area contributed by atoms with Gasteiger partial charge in [0, 0.05) is 56.3 Å². The number of carbonyl (C=O) groups excluding carboxylic acids is 1. The molecular weight excluding hydrogens is 391 g/mol. The van der Waals surface area contributed by atoms with Crippen LogP contribution in [0.5, 0.6) is 0 Å². The number of hydrogen-bond donors (Lipinski definition) is 0. The van der Waals surface area contributed by atoms with E-state index >= 15 is 0 Å². The van der Waals surface area contributed by atoms with E-state index in [0.717, 1.165) is 43.0 Å². The molecule has 1 aromatic carbocycles. The molecule has 0 radical (unpaired) electrons. The molecule has 0 spiro atoms. The van der Waals surface area contributed by atoms with Crippen LogP contribution in [0.3, 0.4) is 0 Å². The van der Waals surface area contributed by atoms with Gasteiger partial charge >= 0.3 is 0 Å². The number of aryl methyl sites for hydroxylation is 1. The molecule has 0 N–H and O–H groups in total. The van der Waals surface area contributed by atoms with Crippen LogP contribution >= 0.6 is 0 Å². The summed E-state index contributed by atoms with van der Waals surface area (Å²) in [7, 11) is 0. The number of carbonyl (C=O) groups is 1. The van der Waals surface area contributed by atoms with Gasteiger partial charge in [0.2, 0.25) is 5.91 Å². The van der Waals surface area contributed by atoms with Crippen molar-refractivity contribution < 1.29 is 9.18 Å². The highest BCUT2D eigenvalue weighted by molar-refractivity contribution is 5.78. The van der Waals surface area contributed by atoms with Crippen LogP contribution in [-0.4, -0.2) is 38.4 Å². The smallest absolute Gasteiger partial charge is 0.227 e. The van der Waals surface area contributed by atoms with Crippen molar-refractivity contribution in [3.63, 3.8) is 0 Å². The van der Waals surface area contributed by atoms with Gasteiger partial charge < -0.3 is 9.47 Å². The highest BCUT2D eigenvalue weighted by atomic mass is 19.1. The molecule has 1 unspecified atom stereocenters. The zero-order valence-corrected chi connectivity index (χ0v) is 18.2. The number of rotatable bonds is 6. The summed E-state index contributed by atoms with van der Waals surface area (Å²) in [5, 5.41) is 0. The van der Waals surface area contributed by atoms with Crippen molar-refractivity contribution in [1.82, 2.24) is 19.4 Å². The summed E-state index contributed by atoms with van der Waals surface area (Å²) < 4.78 is 15.9. The minimum Gasteiger partial charge on any atom is -0.342 e. The number of piperidine rings is 1. The Kier molecular flexibility index (Phi) is 6.44. The van der Waals surface area contributed by atoms with Crippen LogP contribution in [0.15, 0.2) is 55.0 Å². The predicted octanol–water partition coefficient (Wildman–Crippen LogP) is 4.36. The number of benzene rings is 1. The molecule has 1 aliphatic rings. The van der Waals surface area contributed by atoms with Gasteiger partial charge in [-0.15, -0.1) is 0 Å². The molecular formula is C25H29FN4O. The fourth-order valence-electron chi connectivity index (χ4n) is 4.32. The summed E-state index contributed by atoms with van der Waals surface area (Å²) in [5.41, 5.74) is 2.75. The van der Waals surface area contributed by atoms with E-state index in [1.807, 2.05) is 53.9 Å². The Bertz CT molecular complexity index is 1020. The lowest BCUT2D eigenvalue weighted by Gasteiger charge is -2.33. The van der Waals surface area contributed by atoms with Crippen molar-refractivity contribution in [2.24, 2.45) is 5.92 Å². The Morgan fingerprint density at radius 1 is 1.16 bits per heavy atom. The van der Waals surface area contributed by atoms with Crippen LogP contribution in [0, 0.1) is 18.7 Å². The van der Waals surface area contributed by atoms with Crippen LogP contribution in [0.2, 0.25) is 0 Å². The zero-order chi connectivity index (χ0) is 21.8. The number of amides is 1. The van der Waals surface area contributed by atoms with E-state index in [-0.39, 0.29) is 17.6 Å². The predicted molar refractivity (Wildman–Crippen MR) is 118 cm³/mol. The first-order valence-electron chi connectivity index (χ1n) is 11.0. The van der Waals surface area contributed by atoms with Gasteiger partial charge in [-0.25, -0.2) is 9.37 Å². The SMILES string of the molecule is Cc1nccn1CC(C)C(=O)N1CCC(c2ccc(Cc3ccccc3F)cn2)CC1. The summed E-state index contributed by atoms with van der Waals surface area (Å²) in [4.78, 5) is 23.7. The second kappa shape index (κ2) is 9.41. The molecule has 3 aromatic rings. The number of halogens is 1. The Labute approximate surface area is 182 Å². The number of pyridine rings is 1. The number of hydrogen-bond acceptors (Lipinski definition) is 3. The normalized spacial score (nSPS) is 15.8. The maximum atomic E-state index is 13.9. The average Bonchev–Trinajstić information content (AvgIpc) is 3.20. The van der Waals surface area contributed by atoms with Gasteiger partial charge in [-0.1, -0.05) is 31.2 Å². The van der Waals surface area contributed by atoms with Crippen LogP contribution in [-0.2, 0) is 17.8 Å². The van der Waals surface area contributed by atoms with E-state index < -0.39 is 0 Å². The van der Waals surface area contributed by atoms with Crippen LogP contribution in [0.1, 0.15) is 48.3 Å². The topological polar surface area (TPSA) is 51.0 Å². The molecule has 1 saturated heterocycles. The second-order valence-electron chi connectivity index (χ2n) is 8.49. The summed E-state index contributed by atoms with van der Waals surface area (Å²) in [6.07, 6.45) is 7.93. The van der Waals surface area contributed by atoms with Crippen molar-refractivity contribution in [3.8, 4) is 0 Å². The van der Waals surface area contributed by atoms with Gasteiger partial charge in [0.25, 0.3) is 0 Å². The minimum absolute atomic E-state index is 0.0692. The molecule has 6 heteroatoms. The average molecular weight is 421 g/mol. The lowest BCUT2D eigenvalue weighted by Crippen LogP contribution is -2.41. The van der Waals surface area contributed by atoms with Gasteiger partial charge in [0.05, 0.1) is 5.92 Å². The van der Waals surface area contributed by atoms with E-state index in [9.17, 15) is 9.18 Å². The molecule has 3 heterocycles. The van der Waals surface area contributed by atoms with Crippen molar-refractivity contribution in [2.45, 2.75) is 45.6 Å². The van der Waals surface area contributed by atoms with Crippen LogP contribution in [0.4, 0.5) is 4.39 Å². The Morgan fingerprint density at radius 3 is 2.58 bits per heavy atom. The van der Waals surface area contributed by atoms with Gasteiger partial charge in [0.15, 0.2) is 0 Å². The summed E-state index contributed by atoms with van der Waals surface area (Å²) in [5.74, 6) is 1.25. The molecule has 1 fully saturated rings. The third kappa shape index (κ3) is 5.01.